The lowest BCUT2D eigenvalue weighted by atomic mass is 9.98. The Labute approximate surface area is 159 Å². The fraction of sp³-hybridized carbons (Fsp3) is 0.250. The minimum atomic E-state index is -3.39. The van der Waals surface area contributed by atoms with Crippen LogP contribution < -0.4 is 11.1 Å². The van der Waals surface area contributed by atoms with E-state index in [1.807, 2.05) is 0 Å². The van der Waals surface area contributed by atoms with E-state index in [4.69, 9.17) is 5.73 Å². The second-order valence-corrected chi connectivity index (χ2v) is 7.69. The number of benzene rings is 1. The van der Waals surface area contributed by atoms with Crippen LogP contribution in [0.25, 0.3) is 0 Å². The van der Waals surface area contributed by atoms with E-state index in [0.29, 0.717) is 28.8 Å². The first-order chi connectivity index (χ1) is 10.9. The number of amides is 1. The Morgan fingerprint density at radius 2 is 1.88 bits per heavy atom. The van der Waals surface area contributed by atoms with Gasteiger partial charge in [-0.25, -0.2) is 8.42 Å². The molecule has 9 heteroatoms. The third-order valence-corrected chi connectivity index (χ3v) is 5.77. The van der Waals surface area contributed by atoms with Crippen LogP contribution in [0.5, 0.6) is 0 Å². The number of nitrogens with zero attached hydrogens (tertiary/aromatic N) is 1. The van der Waals surface area contributed by atoms with E-state index in [0.717, 1.165) is 0 Å². The summed E-state index contributed by atoms with van der Waals surface area (Å²) < 4.78 is 24.5. The van der Waals surface area contributed by atoms with E-state index in [2.05, 4.69) is 10.3 Å². The molecule has 2 heterocycles. The van der Waals surface area contributed by atoms with Crippen molar-refractivity contribution in [3.8, 4) is 0 Å². The fourth-order valence-electron chi connectivity index (χ4n) is 2.70. The van der Waals surface area contributed by atoms with Crippen molar-refractivity contribution in [2.24, 2.45) is 5.73 Å². The molecule has 2 aromatic rings. The first-order valence-electron chi connectivity index (χ1n) is 7.23. The minimum absolute atomic E-state index is 0. The lowest BCUT2D eigenvalue weighted by Crippen LogP contribution is -2.26. The zero-order chi connectivity index (χ0) is 16.6. The van der Waals surface area contributed by atoms with E-state index in [1.54, 1.807) is 37.5 Å². The molecule has 0 saturated carbocycles. The third kappa shape index (κ3) is 4.30. The van der Waals surface area contributed by atoms with Crippen LogP contribution in [0.2, 0.25) is 0 Å². The van der Waals surface area contributed by atoms with Gasteiger partial charge in [0, 0.05) is 29.7 Å². The standard InChI is InChI=1S/C16H17N3O3S.2ClH/c1-10-8-13-14(17)4-7-23(21,22)15(13)9-12(10)16(20)19-11-2-5-18-6-3-11;;/h2-3,5-6,8-9,14H,4,7,17H2,1H3,(H,18,19,20);2*1H. The number of nitrogens with two attached hydrogens (primary N) is 1. The zero-order valence-corrected chi connectivity index (χ0v) is 15.9. The number of hydrogen-bond acceptors (Lipinski definition) is 5. The molecule has 1 amide bonds. The summed E-state index contributed by atoms with van der Waals surface area (Å²) in [6, 6.07) is 6.16. The number of anilines is 1. The van der Waals surface area contributed by atoms with Crippen LogP contribution >= 0.6 is 24.8 Å². The second-order valence-electron chi connectivity index (χ2n) is 5.61. The third-order valence-electron chi connectivity index (χ3n) is 3.97. The van der Waals surface area contributed by atoms with Gasteiger partial charge in [0.1, 0.15) is 0 Å². The monoisotopic (exact) mass is 403 g/mol. The molecule has 0 saturated heterocycles. The van der Waals surface area contributed by atoms with Crippen molar-refractivity contribution in [1.82, 2.24) is 4.98 Å². The lowest BCUT2D eigenvalue weighted by Gasteiger charge is -2.24. The first-order valence-corrected chi connectivity index (χ1v) is 8.88. The van der Waals surface area contributed by atoms with Crippen molar-refractivity contribution in [3.05, 3.63) is 53.3 Å². The molecule has 25 heavy (non-hydrogen) atoms. The van der Waals surface area contributed by atoms with Crippen molar-refractivity contribution >= 4 is 46.2 Å². The summed E-state index contributed by atoms with van der Waals surface area (Å²) in [6.45, 7) is 1.77. The van der Waals surface area contributed by atoms with Gasteiger partial charge in [0.05, 0.1) is 10.6 Å². The molecule has 1 aromatic heterocycles. The Balaban J connectivity index is 0.00000156. The number of sulfone groups is 1. The molecule has 3 rings (SSSR count). The number of rotatable bonds is 2. The Morgan fingerprint density at radius 1 is 1.24 bits per heavy atom. The van der Waals surface area contributed by atoms with E-state index in [9.17, 15) is 13.2 Å². The molecule has 1 aromatic carbocycles. The van der Waals surface area contributed by atoms with Gasteiger partial charge in [0.25, 0.3) is 5.91 Å². The molecule has 136 valence electrons. The highest BCUT2D eigenvalue weighted by atomic mass is 35.5. The summed E-state index contributed by atoms with van der Waals surface area (Å²) >= 11 is 0. The number of aryl methyl sites for hydroxylation is 1. The molecule has 1 aliphatic heterocycles. The molecule has 1 atom stereocenters. The normalized spacial score (nSPS) is 17.4. The van der Waals surface area contributed by atoms with Crippen molar-refractivity contribution in [2.75, 3.05) is 11.1 Å². The quantitative estimate of drug-likeness (QED) is 0.801. The molecule has 6 nitrogen and oxygen atoms in total. The highest BCUT2D eigenvalue weighted by molar-refractivity contribution is 7.91. The number of pyridine rings is 1. The number of carbonyl (C=O) groups excluding carboxylic acids is 1. The second kappa shape index (κ2) is 8.14. The van der Waals surface area contributed by atoms with E-state index in [-0.39, 0.29) is 47.4 Å². The highest BCUT2D eigenvalue weighted by Gasteiger charge is 2.30. The number of fused-ring (bicyclic) bond motifs is 1. The molecular formula is C16H19Cl2N3O3S. The largest absolute Gasteiger partial charge is 0.324 e. The Morgan fingerprint density at radius 3 is 2.52 bits per heavy atom. The first kappa shape index (κ1) is 21.4. The average Bonchev–Trinajstić information content (AvgIpc) is 2.52. The molecule has 3 N–H and O–H groups in total. The van der Waals surface area contributed by atoms with Crippen LogP contribution in [0.4, 0.5) is 5.69 Å². The molecule has 0 spiro atoms. The van der Waals surface area contributed by atoms with Gasteiger partial charge in [0.15, 0.2) is 9.84 Å². The van der Waals surface area contributed by atoms with Crippen molar-refractivity contribution < 1.29 is 13.2 Å². The fourth-order valence-corrected chi connectivity index (χ4v) is 4.35. The van der Waals surface area contributed by atoms with Gasteiger partial charge in [-0.15, -0.1) is 24.8 Å². The molecule has 1 aliphatic rings. The maximum Gasteiger partial charge on any atom is 0.255 e. The van der Waals surface area contributed by atoms with Gasteiger partial charge in [0.2, 0.25) is 0 Å². The van der Waals surface area contributed by atoms with Crippen LogP contribution in [0.3, 0.4) is 0 Å². The number of hydrogen-bond donors (Lipinski definition) is 2. The van der Waals surface area contributed by atoms with Crippen LogP contribution in [0, 0.1) is 6.92 Å². The number of aromatic nitrogens is 1. The summed E-state index contributed by atoms with van der Waals surface area (Å²) in [6.07, 6.45) is 3.54. The number of carbonyl (C=O) groups is 1. The lowest BCUT2D eigenvalue weighted by molar-refractivity contribution is 0.102. The zero-order valence-electron chi connectivity index (χ0n) is 13.4. The van der Waals surface area contributed by atoms with Crippen molar-refractivity contribution in [1.29, 1.82) is 0 Å². The van der Waals surface area contributed by atoms with Crippen LogP contribution in [0.1, 0.15) is 33.9 Å². The molecule has 0 radical (unpaired) electrons. The van der Waals surface area contributed by atoms with Gasteiger partial charge >= 0.3 is 0 Å². The topological polar surface area (TPSA) is 102 Å². The number of halogens is 2. The summed E-state index contributed by atoms with van der Waals surface area (Å²) in [5.41, 5.74) is 8.23. The predicted molar refractivity (Wildman–Crippen MR) is 101 cm³/mol. The maximum absolute atomic E-state index is 12.5. The minimum Gasteiger partial charge on any atom is -0.324 e. The Hall–Kier alpha value is -1.67. The summed E-state index contributed by atoms with van der Waals surface area (Å²) in [5.74, 6) is -0.346. The van der Waals surface area contributed by atoms with Gasteiger partial charge in [-0.05, 0) is 42.7 Å². The van der Waals surface area contributed by atoms with E-state index >= 15 is 0 Å². The molecule has 0 fully saturated rings. The molecule has 0 aliphatic carbocycles. The summed E-state index contributed by atoms with van der Waals surface area (Å²) in [5, 5.41) is 2.74. The summed E-state index contributed by atoms with van der Waals surface area (Å²) in [4.78, 5) is 16.5. The molecule has 1 unspecified atom stereocenters. The van der Waals surface area contributed by atoms with Gasteiger partial charge in [-0.2, -0.15) is 0 Å². The van der Waals surface area contributed by atoms with Gasteiger partial charge < -0.3 is 11.1 Å². The Bertz CT molecular complexity index is 874. The summed E-state index contributed by atoms with van der Waals surface area (Å²) in [7, 11) is -3.39. The molecule has 0 bridgehead atoms. The predicted octanol–water partition coefficient (Wildman–Crippen LogP) is 2.66. The van der Waals surface area contributed by atoms with Crippen LogP contribution in [-0.2, 0) is 9.84 Å². The average molecular weight is 404 g/mol. The van der Waals surface area contributed by atoms with Gasteiger partial charge in [-0.1, -0.05) is 6.07 Å². The van der Waals surface area contributed by atoms with Crippen molar-refractivity contribution in [3.63, 3.8) is 0 Å². The van der Waals surface area contributed by atoms with Gasteiger partial charge in [-0.3, -0.25) is 9.78 Å². The maximum atomic E-state index is 12.5. The van der Waals surface area contributed by atoms with E-state index < -0.39 is 9.84 Å². The Kier molecular flexibility index (Phi) is 6.96. The van der Waals surface area contributed by atoms with Crippen LogP contribution in [-0.4, -0.2) is 25.1 Å². The van der Waals surface area contributed by atoms with E-state index in [1.165, 1.54) is 6.07 Å². The van der Waals surface area contributed by atoms with Crippen LogP contribution in [0.15, 0.2) is 41.6 Å². The van der Waals surface area contributed by atoms with Crippen molar-refractivity contribution in [2.45, 2.75) is 24.3 Å². The SMILES string of the molecule is Cc1cc2c(cc1C(=O)Nc1ccncc1)S(=O)(=O)CCC2N.Cl.Cl. The molecular weight excluding hydrogens is 385 g/mol. The smallest absolute Gasteiger partial charge is 0.255 e. The number of nitrogens with one attached hydrogen (secondary N) is 1. The highest BCUT2D eigenvalue weighted by Crippen LogP contribution is 2.33.